The molecule has 2 unspecified atom stereocenters. The van der Waals surface area contributed by atoms with Gasteiger partial charge in [0.25, 0.3) is 0 Å². The Labute approximate surface area is 184 Å². The molecule has 2 atom stereocenters. The highest BCUT2D eigenvalue weighted by Crippen LogP contribution is 2.25. The van der Waals surface area contributed by atoms with E-state index in [0.29, 0.717) is 25.2 Å². The first-order valence-electron chi connectivity index (χ1n) is 10.7. The molecule has 3 rings (SSSR count). The van der Waals surface area contributed by atoms with E-state index in [9.17, 15) is 0 Å². The van der Waals surface area contributed by atoms with Gasteiger partial charge in [0.05, 0.1) is 32.5 Å². The van der Waals surface area contributed by atoms with Crippen molar-refractivity contribution in [2.75, 3.05) is 53.0 Å². The summed E-state index contributed by atoms with van der Waals surface area (Å²) in [7, 11) is 1.82. The summed E-state index contributed by atoms with van der Waals surface area (Å²) in [4.78, 5) is 8.27. The fourth-order valence-corrected chi connectivity index (χ4v) is 4.34. The van der Waals surface area contributed by atoms with E-state index in [-0.39, 0.29) is 0 Å². The second-order valence-corrected chi connectivity index (χ2v) is 8.60. The summed E-state index contributed by atoms with van der Waals surface area (Å²) in [5, 5.41) is 9.10. The lowest BCUT2D eigenvalue weighted by Gasteiger charge is -2.34. The number of rotatable bonds is 10. The van der Waals surface area contributed by atoms with Crippen molar-refractivity contribution >= 4 is 17.3 Å². The van der Waals surface area contributed by atoms with Crippen molar-refractivity contribution < 1.29 is 9.47 Å². The van der Waals surface area contributed by atoms with Gasteiger partial charge in [-0.05, 0) is 22.9 Å². The molecule has 1 aliphatic heterocycles. The summed E-state index contributed by atoms with van der Waals surface area (Å²) in [6, 6.07) is 15.0. The Bertz CT molecular complexity index is 733. The molecule has 6 nitrogen and oxygen atoms in total. The second-order valence-electron chi connectivity index (χ2n) is 7.62. The molecule has 1 aliphatic rings. The van der Waals surface area contributed by atoms with E-state index in [1.54, 1.807) is 0 Å². The predicted molar refractivity (Wildman–Crippen MR) is 124 cm³/mol. The number of hydrogen-bond donors (Lipinski definition) is 2. The van der Waals surface area contributed by atoms with E-state index in [2.05, 4.69) is 57.1 Å². The van der Waals surface area contributed by atoms with Crippen LogP contribution in [0.4, 0.5) is 0 Å². The quantitative estimate of drug-likeness (QED) is 0.448. The number of benzene rings is 1. The van der Waals surface area contributed by atoms with E-state index in [1.165, 1.54) is 10.4 Å². The largest absolute Gasteiger partial charge is 0.379 e. The Morgan fingerprint density at radius 1 is 1.13 bits per heavy atom. The van der Waals surface area contributed by atoms with Gasteiger partial charge < -0.3 is 20.1 Å². The number of thiophene rings is 1. The van der Waals surface area contributed by atoms with Gasteiger partial charge in [-0.2, -0.15) is 0 Å². The van der Waals surface area contributed by atoms with Crippen molar-refractivity contribution in [1.82, 2.24) is 15.5 Å². The first kappa shape index (κ1) is 22.7. The molecule has 0 aliphatic carbocycles. The molecule has 2 N–H and O–H groups in total. The Kier molecular flexibility index (Phi) is 9.63. The Morgan fingerprint density at radius 2 is 1.90 bits per heavy atom. The number of aliphatic imine (C=N–C) groups is 1. The third kappa shape index (κ3) is 7.40. The van der Waals surface area contributed by atoms with Crippen LogP contribution < -0.4 is 10.6 Å². The fraction of sp³-hybridized carbons (Fsp3) is 0.522. The second kappa shape index (κ2) is 12.7. The van der Waals surface area contributed by atoms with Crippen molar-refractivity contribution in [2.24, 2.45) is 10.9 Å². The molecule has 0 spiro atoms. The van der Waals surface area contributed by atoms with Crippen molar-refractivity contribution in [2.45, 2.75) is 19.6 Å². The maximum atomic E-state index is 5.86. The molecule has 1 aromatic carbocycles. The van der Waals surface area contributed by atoms with Crippen LogP contribution in [-0.4, -0.2) is 63.9 Å². The monoisotopic (exact) mass is 430 g/mol. The van der Waals surface area contributed by atoms with E-state index in [0.717, 1.165) is 45.4 Å². The molecule has 2 heterocycles. The van der Waals surface area contributed by atoms with E-state index < -0.39 is 0 Å². The van der Waals surface area contributed by atoms with Crippen LogP contribution in [0.5, 0.6) is 0 Å². The van der Waals surface area contributed by atoms with E-state index in [1.807, 2.05) is 36.6 Å². The van der Waals surface area contributed by atoms with Gasteiger partial charge in [0.2, 0.25) is 0 Å². The molecule has 1 aromatic heterocycles. The van der Waals surface area contributed by atoms with Gasteiger partial charge in [0.15, 0.2) is 5.96 Å². The molecule has 1 fully saturated rings. The van der Waals surface area contributed by atoms with Crippen LogP contribution in [0.3, 0.4) is 0 Å². The number of nitrogens with zero attached hydrogens (tertiary/aromatic N) is 2. The topological polar surface area (TPSA) is 58.1 Å². The van der Waals surface area contributed by atoms with Crippen LogP contribution in [0, 0.1) is 5.92 Å². The summed E-state index contributed by atoms with van der Waals surface area (Å²) < 4.78 is 11.4. The van der Waals surface area contributed by atoms with Crippen LogP contribution >= 0.6 is 11.3 Å². The van der Waals surface area contributed by atoms with Crippen LogP contribution in [0.25, 0.3) is 0 Å². The number of hydrogen-bond acceptors (Lipinski definition) is 5. The highest BCUT2D eigenvalue weighted by Gasteiger charge is 2.23. The summed E-state index contributed by atoms with van der Waals surface area (Å²) in [5.41, 5.74) is 1.21. The molecule has 1 saturated heterocycles. The van der Waals surface area contributed by atoms with Crippen LogP contribution in [0.2, 0.25) is 0 Å². The number of nitrogens with one attached hydrogen (secondary N) is 2. The summed E-state index contributed by atoms with van der Waals surface area (Å²) >= 11 is 1.81. The van der Waals surface area contributed by atoms with Gasteiger partial charge in [0.1, 0.15) is 0 Å². The first-order chi connectivity index (χ1) is 14.8. The first-order valence-corrected chi connectivity index (χ1v) is 11.6. The van der Waals surface area contributed by atoms with Crippen LogP contribution in [0.1, 0.15) is 23.4 Å². The molecule has 30 heavy (non-hydrogen) atoms. The minimum Gasteiger partial charge on any atom is -0.379 e. The smallest absolute Gasteiger partial charge is 0.191 e. The molecule has 2 aromatic rings. The molecule has 0 saturated carbocycles. The molecule has 7 heteroatoms. The van der Waals surface area contributed by atoms with Crippen molar-refractivity contribution in [1.29, 1.82) is 0 Å². The van der Waals surface area contributed by atoms with Crippen LogP contribution in [-0.2, 0) is 16.1 Å². The van der Waals surface area contributed by atoms with E-state index in [4.69, 9.17) is 9.47 Å². The standard InChI is InChI=1S/C23H34N4O2S/c1-19(17-29-18-20-7-4-3-5-8-20)15-25-23(24-2)26-16-21(22-9-6-14-30-22)27-10-12-28-13-11-27/h3-9,14,19,21H,10-13,15-18H2,1-2H3,(H2,24,25,26). The average molecular weight is 431 g/mol. The highest BCUT2D eigenvalue weighted by atomic mass is 32.1. The van der Waals surface area contributed by atoms with Gasteiger partial charge >= 0.3 is 0 Å². The third-order valence-electron chi connectivity index (χ3n) is 5.18. The van der Waals surface area contributed by atoms with Crippen molar-refractivity contribution in [3.63, 3.8) is 0 Å². The third-order valence-corrected chi connectivity index (χ3v) is 6.15. The van der Waals surface area contributed by atoms with E-state index >= 15 is 0 Å². The fourth-order valence-electron chi connectivity index (χ4n) is 3.48. The van der Waals surface area contributed by atoms with Gasteiger partial charge in [-0.25, -0.2) is 0 Å². The molecule has 0 radical (unpaired) electrons. The average Bonchev–Trinajstić information content (AvgIpc) is 3.32. The zero-order valence-corrected chi connectivity index (χ0v) is 18.9. The number of ether oxygens (including phenoxy) is 2. The minimum atomic E-state index is 0.332. The highest BCUT2D eigenvalue weighted by molar-refractivity contribution is 7.10. The molecule has 164 valence electrons. The lowest BCUT2D eigenvalue weighted by Crippen LogP contribution is -2.46. The Morgan fingerprint density at radius 3 is 2.60 bits per heavy atom. The predicted octanol–water partition coefficient (Wildman–Crippen LogP) is 3.14. The molecular weight excluding hydrogens is 396 g/mol. The van der Waals surface area contributed by atoms with Crippen molar-refractivity contribution in [3.05, 3.63) is 58.3 Å². The molecular formula is C23H34N4O2S. The van der Waals surface area contributed by atoms with Gasteiger partial charge in [-0.1, -0.05) is 43.3 Å². The number of guanidine groups is 1. The lowest BCUT2D eigenvalue weighted by atomic mass is 10.2. The summed E-state index contributed by atoms with van der Waals surface area (Å²) in [6.07, 6.45) is 0. The van der Waals surface area contributed by atoms with Crippen molar-refractivity contribution in [3.8, 4) is 0 Å². The Hall–Kier alpha value is -1.93. The summed E-state index contributed by atoms with van der Waals surface area (Å²) in [6.45, 7) is 8.72. The maximum absolute atomic E-state index is 5.86. The lowest BCUT2D eigenvalue weighted by molar-refractivity contribution is 0.0177. The zero-order chi connectivity index (χ0) is 21.0. The Balaban J connectivity index is 1.41. The van der Waals surface area contributed by atoms with Gasteiger partial charge in [-0.15, -0.1) is 11.3 Å². The van der Waals surface area contributed by atoms with Crippen LogP contribution in [0.15, 0.2) is 52.8 Å². The molecule has 0 bridgehead atoms. The molecule has 0 amide bonds. The minimum absolute atomic E-state index is 0.332. The van der Waals surface area contributed by atoms with Gasteiger partial charge in [0, 0.05) is 38.1 Å². The normalized spacial score (nSPS) is 17.5. The summed E-state index contributed by atoms with van der Waals surface area (Å²) in [5.74, 6) is 1.22. The SMILES string of the molecule is CN=C(NCC(C)COCc1ccccc1)NCC(c1cccs1)N1CCOCC1. The zero-order valence-electron chi connectivity index (χ0n) is 18.0. The number of morpholine rings is 1. The maximum Gasteiger partial charge on any atom is 0.191 e. The van der Waals surface area contributed by atoms with Gasteiger partial charge in [-0.3, -0.25) is 9.89 Å².